The number of carboxylic acids is 1. The Morgan fingerprint density at radius 3 is 2.61 bits per heavy atom. The van der Waals surface area contributed by atoms with Crippen LogP contribution in [-0.4, -0.2) is 48.7 Å². The molecule has 160 valence electrons. The molecule has 8 heteroatoms. The van der Waals surface area contributed by atoms with Crippen LogP contribution in [0.15, 0.2) is 47.0 Å². The van der Waals surface area contributed by atoms with E-state index in [1.165, 1.54) is 16.7 Å². The van der Waals surface area contributed by atoms with Crippen molar-refractivity contribution in [3.63, 3.8) is 0 Å². The maximum absolute atomic E-state index is 13.2. The molecule has 7 nitrogen and oxygen atoms in total. The second-order valence-electron chi connectivity index (χ2n) is 8.88. The van der Waals surface area contributed by atoms with Gasteiger partial charge in [-0.3, -0.25) is 4.79 Å². The van der Waals surface area contributed by atoms with Gasteiger partial charge < -0.3 is 19.8 Å². The largest absolute Gasteiger partial charge is 0.480 e. The van der Waals surface area contributed by atoms with Crippen LogP contribution < -0.4 is 5.32 Å². The SMILES string of the molecule is Cc1onc(-c2ccc3ccccc3c2)c1N[C@@]1(C)C(=O)N2[C@@H](C(=O)O)C(C)(C)S[C@@H]21. The fraction of sp³-hybridized carbons (Fsp3) is 0.348. The average molecular weight is 438 g/mol. The molecule has 3 aromatic rings. The van der Waals surface area contributed by atoms with Crippen LogP contribution in [-0.2, 0) is 9.59 Å². The summed E-state index contributed by atoms with van der Waals surface area (Å²) in [7, 11) is 0. The molecule has 0 unspecified atom stereocenters. The number of aromatic nitrogens is 1. The van der Waals surface area contributed by atoms with E-state index in [2.05, 4.69) is 10.5 Å². The lowest BCUT2D eigenvalue weighted by Crippen LogP contribution is -2.75. The predicted octanol–water partition coefficient (Wildman–Crippen LogP) is 4.12. The van der Waals surface area contributed by atoms with Gasteiger partial charge in [0.2, 0.25) is 0 Å². The Bertz CT molecular complexity index is 1240. The second kappa shape index (κ2) is 6.50. The van der Waals surface area contributed by atoms with E-state index >= 15 is 0 Å². The quantitative estimate of drug-likeness (QED) is 0.593. The van der Waals surface area contributed by atoms with Gasteiger partial charge in [0.1, 0.15) is 28.3 Å². The molecule has 3 atom stereocenters. The molecule has 0 radical (unpaired) electrons. The summed E-state index contributed by atoms with van der Waals surface area (Å²) in [6, 6.07) is 13.3. The van der Waals surface area contributed by atoms with Crippen molar-refractivity contribution in [3.05, 3.63) is 48.2 Å². The van der Waals surface area contributed by atoms with Crippen molar-refractivity contribution in [2.24, 2.45) is 0 Å². The highest BCUT2D eigenvalue weighted by Gasteiger charge is 2.69. The molecule has 1 aromatic heterocycles. The monoisotopic (exact) mass is 437 g/mol. The molecule has 3 heterocycles. The van der Waals surface area contributed by atoms with E-state index in [1.807, 2.05) is 63.2 Å². The minimum Gasteiger partial charge on any atom is -0.480 e. The minimum atomic E-state index is -0.978. The van der Waals surface area contributed by atoms with E-state index < -0.39 is 22.3 Å². The first-order valence-electron chi connectivity index (χ1n) is 10.1. The number of nitrogens with one attached hydrogen (secondary N) is 1. The van der Waals surface area contributed by atoms with Gasteiger partial charge in [-0.05, 0) is 44.5 Å². The molecule has 2 aliphatic heterocycles. The summed E-state index contributed by atoms with van der Waals surface area (Å²) in [4.78, 5) is 26.5. The van der Waals surface area contributed by atoms with E-state index in [-0.39, 0.29) is 11.3 Å². The number of amides is 1. The molecule has 0 spiro atoms. The molecule has 0 saturated carbocycles. The molecule has 2 aromatic carbocycles. The van der Waals surface area contributed by atoms with Gasteiger partial charge in [0.25, 0.3) is 5.91 Å². The lowest BCUT2D eigenvalue weighted by Gasteiger charge is -2.51. The third-order valence-electron chi connectivity index (χ3n) is 6.28. The highest BCUT2D eigenvalue weighted by molar-refractivity contribution is 8.01. The first-order chi connectivity index (χ1) is 14.6. The predicted molar refractivity (Wildman–Crippen MR) is 120 cm³/mol. The zero-order valence-electron chi connectivity index (χ0n) is 17.7. The number of fused-ring (bicyclic) bond motifs is 2. The standard InChI is InChI=1S/C23H23N3O4S/c1-12-16(17(25-30-12)15-10-9-13-7-5-6-8-14(13)11-15)24-23(4)20(29)26-18(19(27)28)22(2,3)31-21(23)26/h5-11,18,21,24H,1-4H3,(H,27,28)/t18-,21+,23-/m0/s1. The Morgan fingerprint density at radius 1 is 1.19 bits per heavy atom. The summed E-state index contributed by atoms with van der Waals surface area (Å²) in [5, 5.41) is 19.2. The molecular weight excluding hydrogens is 414 g/mol. The van der Waals surface area contributed by atoms with Crippen LogP contribution in [0.5, 0.6) is 0 Å². The maximum atomic E-state index is 13.2. The van der Waals surface area contributed by atoms with Crippen molar-refractivity contribution in [2.45, 2.75) is 49.4 Å². The van der Waals surface area contributed by atoms with E-state index in [0.717, 1.165) is 16.3 Å². The lowest BCUT2D eigenvalue weighted by atomic mass is 9.85. The van der Waals surface area contributed by atoms with Crippen molar-refractivity contribution in [3.8, 4) is 11.3 Å². The van der Waals surface area contributed by atoms with Crippen LogP contribution in [0.3, 0.4) is 0 Å². The van der Waals surface area contributed by atoms with Crippen molar-refractivity contribution in [1.29, 1.82) is 0 Å². The molecule has 2 fully saturated rings. The van der Waals surface area contributed by atoms with Crippen LogP contribution in [0.25, 0.3) is 22.0 Å². The third-order valence-corrected chi connectivity index (χ3v) is 8.03. The van der Waals surface area contributed by atoms with Crippen LogP contribution >= 0.6 is 11.8 Å². The molecule has 31 heavy (non-hydrogen) atoms. The Labute approximate surface area is 183 Å². The molecule has 0 aliphatic carbocycles. The number of β-lactam (4-membered cyclic amide) rings is 1. The molecule has 2 N–H and O–H groups in total. The number of thioether (sulfide) groups is 1. The fourth-order valence-electron chi connectivity index (χ4n) is 4.65. The topological polar surface area (TPSA) is 95.7 Å². The Hall–Kier alpha value is -3.00. The van der Waals surface area contributed by atoms with Gasteiger partial charge in [-0.2, -0.15) is 0 Å². The Morgan fingerprint density at radius 2 is 1.90 bits per heavy atom. The Kier molecular flexibility index (Phi) is 4.18. The summed E-state index contributed by atoms with van der Waals surface area (Å²) in [6.45, 7) is 7.36. The molecule has 2 saturated heterocycles. The van der Waals surface area contributed by atoms with Crippen molar-refractivity contribution >= 4 is 40.1 Å². The van der Waals surface area contributed by atoms with Crippen molar-refractivity contribution < 1.29 is 19.2 Å². The first kappa shape index (κ1) is 19.9. The smallest absolute Gasteiger partial charge is 0.327 e. The summed E-state index contributed by atoms with van der Waals surface area (Å²) < 4.78 is 4.90. The number of hydrogen-bond donors (Lipinski definition) is 2. The summed E-state index contributed by atoms with van der Waals surface area (Å²) >= 11 is 1.51. The number of benzene rings is 2. The van der Waals surface area contributed by atoms with Gasteiger partial charge in [-0.25, -0.2) is 4.79 Å². The summed E-state index contributed by atoms with van der Waals surface area (Å²) in [5.74, 6) is -0.630. The number of rotatable bonds is 4. The van der Waals surface area contributed by atoms with Gasteiger partial charge in [0, 0.05) is 10.3 Å². The Balaban J connectivity index is 1.51. The first-order valence-corrected chi connectivity index (χ1v) is 11.0. The second-order valence-corrected chi connectivity index (χ2v) is 10.6. The number of aryl methyl sites for hydroxylation is 1. The number of anilines is 1. The van der Waals surface area contributed by atoms with Crippen LogP contribution in [0.4, 0.5) is 5.69 Å². The van der Waals surface area contributed by atoms with Gasteiger partial charge in [-0.15, -0.1) is 11.8 Å². The zero-order chi connectivity index (χ0) is 22.1. The zero-order valence-corrected chi connectivity index (χ0v) is 18.5. The van der Waals surface area contributed by atoms with E-state index in [1.54, 1.807) is 6.92 Å². The minimum absolute atomic E-state index is 0.229. The van der Waals surface area contributed by atoms with Crippen LogP contribution in [0.2, 0.25) is 0 Å². The molecular formula is C23H23N3O4S. The fourth-order valence-corrected chi connectivity index (χ4v) is 6.30. The van der Waals surface area contributed by atoms with Crippen LogP contribution in [0, 0.1) is 6.92 Å². The number of hydrogen-bond acceptors (Lipinski definition) is 6. The van der Waals surface area contributed by atoms with Gasteiger partial charge in [0.15, 0.2) is 5.76 Å². The molecule has 5 rings (SSSR count). The van der Waals surface area contributed by atoms with Crippen molar-refractivity contribution in [2.75, 3.05) is 5.32 Å². The average Bonchev–Trinajstić information content (AvgIpc) is 3.22. The summed E-state index contributed by atoms with van der Waals surface area (Å²) in [6.07, 6.45) is 0. The van der Waals surface area contributed by atoms with E-state index in [4.69, 9.17) is 4.52 Å². The van der Waals surface area contributed by atoms with Gasteiger partial charge >= 0.3 is 5.97 Å². The van der Waals surface area contributed by atoms with Crippen molar-refractivity contribution in [1.82, 2.24) is 10.1 Å². The molecule has 1 amide bonds. The lowest BCUT2D eigenvalue weighted by molar-refractivity contribution is -0.163. The highest BCUT2D eigenvalue weighted by atomic mass is 32.2. The maximum Gasteiger partial charge on any atom is 0.327 e. The number of nitrogens with zero attached hydrogens (tertiary/aromatic N) is 2. The third kappa shape index (κ3) is 2.77. The number of aliphatic carboxylic acids is 1. The molecule has 2 aliphatic rings. The number of carbonyl (C=O) groups excluding carboxylic acids is 1. The molecule has 0 bridgehead atoms. The van der Waals surface area contributed by atoms with E-state index in [9.17, 15) is 14.7 Å². The van der Waals surface area contributed by atoms with E-state index in [0.29, 0.717) is 17.1 Å². The normalized spacial score (nSPS) is 26.6. The van der Waals surface area contributed by atoms with Crippen LogP contribution in [0.1, 0.15) is 26.5 Å². The highest BCUT2D eigenvalue weighted by Crippen LogP contribution is 2.56. The van der Waals surface area contributed by atoms with Gasteiger partial charge in [-0.1, -0.05) is 41.6 Å². The number of carbonyl (C=O) groups is 2. The summed E-state index contributed by atoms with van der Waals surface area (Å²) in [5.41, 5.74) is 1.22. The van der Waals surface area contributed by atoms with Gasteiger partial charge in [0.05, 0.1) is 0 Å². The number of carboxylic acid groups (broad SMARTS) is 1.